The van der Waals surface area contributed by atoms with Gasteiger partial charge in [0, 0.05) is 31.0 Å². The Hall–Kier alpha value is -1.86. The van der Waals surface area contributed by atoms with Gasteiger partial charge in [-0.25, -0.2) is 4.79 Å². The normalized spacial score (nSPS) is 26.6. The molecule has 0 aromatic rings. The number of carbonyl (C=O) groups is 2. The fourth-order valence-electron chi connectivity index (χ4n) is 3.02. The minimum Gasteiger partial charge on any atom is -0.444 e. The molecular weight excluding hydrogens is 314 g/mol. The van der Waals surface area contributed by atoms with Crippen molar-refractivity contribution in [3.63, 3.8) is 0 Å². The number of hydrogen-bond acceptors (Lipinski definition) is 5. The summed E-state index contributed by atoms with van der Waals surface area (Å²) in [5.74, 6) is -0.377. The number of rotatable bonds is 5. The summed E-state index contributed by atoms with van der Waals surface area (Å²) in [5.41, 5.74) is -0.504. The second-order valence-corrected chi connectivity index (χ2v) is 7.71. The van der Waals surface area contributed by atoms with Gasteiger partial charge in [-0.05, 0) is 46.0 Å². The summed E-state index contributed by atoms with van der Waals surface area (Å²) in [4.78, 5) is 35.8. The van der Waals surface area contributed by atoms with Crippen LogP contribution in [-0.4, -0.2) is 53.1 Å². The lowest BCUT2D eigenvalue weighted by molar-refractivity contribution is -0.497. The molecule has 1 aliphatic carbocycles. The maximum atomic E-state index is 12.1. The summed E-state index contributed by atoms with van der Waals surface area (Å²) in [6.45, 7) is 7.36. The lowest BCUT2D eigenvalue weighted by atomic mass is 9.95. The Bertz CT molecular complexity index is 502. The number of piperidine rings is 1. The number of hydrogen-bond donors (Lipinski definition) is 1. The van der Waals surface area contributed by atoms with Crippen LogP contribution in [0.15, 0.2) is 0 Å². The first kappa shape index (κ1) is 18.5. The number of nitrogens with zero attached hydrogens (tertiary/aromatic N) is 2. The molecule has 2 amide bonds. The van der Waals surface area contributed by atoms with Gasteiger partial charge in [0.15, 0.2) is 0 Å². The van der Waals surface area contributed by atoms with Crippen LogP contribution in [0.5, 0.6) is 0 Å². The number of amides is 2. The third-order valence-electron chi connectivity index (χ3n) is 4.39. The summed E-state index contributed by atoms with van der Waals surface area (Å²) in [6.07, 6.45) is 2.75. The van der Waals surface area contributed by atoms with Gasteiger partial charge in [0.25, 0.3) is 0 Å². The lowest BCUT2D eigenvalue weighted by Gasteiger charge is -2.34. The molecule has 136 valence electrons. The monoisotopic (exact) mass is 341 g/mol. The van der Waals surface area contributed by atoms with Gasteiger partial charge in [0.05, 0.1) is 0 Å². The molecule has 3 atom stereocenters. The van der Waals surface area contributed by atoms with Crippen molar-refractivity contribution in [3.8, 4) is 0 Å². The third-order valence-corrected chi connectivity index (χ3v) is 4.39. The van der Waals surface area contributed by atoms with E-state index in [2.05, 4.69) is 5.32 Å². The molecule has 1 N–H and O–H groups in total. The van der Waals surface area contributed by atoms with Gasteiger partial charge in [0.1, 0.15) is 11.5 Å². The average molecular weight is 341 g/mol. The smallest absolute Gasteiger partial charge is 0.410 e. The number of nitro groups is 1. The summed E-state index contributed by atoms with van der Waals surface area (Å²) in [5, 5.41) is 13.4. The van der Waals surface area contributed by atoms with Crippen molar-refractivity contribution < 1.29 is 19.2 Å². The molecule has 0 spiro atoms. The van der Waals surface area contributed by atoms with Crippen LogP contribution in [0.25, 0.3) is 0 Å². The summed E-state index contributed by atoms with van der Waals surface area (Å²) in [7, 11) is 0. The summed E-state index contributed by atoms with van der Waals surface area (Å²) in [6, 6.07) is -0.706. The zero-order chi connectivity index (χ0) is 17.9. The molecule has 8 heteroatoms. The molecule has 2 aliphatic rings. The van der Waals surface area contributed by atoms with Crippen molar-refractivity contribution in [1.29, 1.82) is 0 Å². The molecule has 2 rings (SSSR count). The van der Waals surface area contributed by atoms with Gasteiger partial charge < -0.3 is 15.0 Å². The molecule has 24 heavy (non-hydrogen) atoms. The summed E-state index contributed by atoms with van der Waals surface area (Å²) < 4.78 is 5.40. The molecule has 0 aromatic carbocycles. The Morgan fingerprint density at radius 3 is 2.67 bits per heavy atom. The van der Waals surface area contributed by atoms with Crippen molar-refractivity contribution in [2.24, 2.45) is 11.8 Å². The van der Waals surface area contributed by atoms with E-state index in [0.29, 0.717) is 32.0 Å². The Balaban J connectivity index is 1.69. The predicted molar refractivity (Wildman–Crippen MR) is 87.0 cm³/mol. The zero-order valence-electron chi connectivity index (χ0n) is 14.6. The van der Waals surface area contributed by atoms with Gasteiger partial charge in [-0.15, -0.1) is 0 Å². The van der Waals surface area contributed by atoms with E-state index in [0.717, 1.165) is 19.3 Å². The molecule has 0 bridgehead atoms. The molecule has 1 saturated heterocycles. The first-order valence-electron chi connectivity index (χ1n) is 8.56. The topological polar surface area (TPSA) is 102 Å². The van der Waals surface area contributed by atoms with Crippen LogP contribution in [0.1, 0.15) is 46.5 Å². The Morgan fingerprint density at radius 2 is 2.08 bits per heavy atom. The molecule has 2 fully saturated rings. The standard InChI is InChI=1S/C16H27N3O5/c1-16(2,3)24-15(21)18-8-4-5-11(10-18)6-7-17-14(20)12-9-13(12)19(22)23/h11-13H,4-10H2,1-3H3,(H,17,20)/t11-,12-,13+/m1/s1. The van der Waals surface area contributed by atoms with E-state index >= 15 is 0 Å². The highest BCUT2D eigenvalue weighted by molar-refractivity contribution is 5.81. The van der Waals surface area contributed by atoms with Crippen LogP contribution in [0.2, 0.25) is 0 Å². The molecule has 1 saturated carbocycles. The third kappa shape index (κ3) is 5.35. The minimum absolute atomic E-state index is 0.225. The number of ether oxygens (including phenoxy) is 1. The largest absolute Gasteiger partial charge is 0.444 e. The fourth-order valence-corrected chi connectivity index (χ4v) is 3.02. The maximum absolute atomic E-state index is 12.1. The lowest BCUT2D eigenvalue weighted by Crippen LogP contribution is -2.43. The minimum atomic E-state index is -0.706. The van der Waals surface area contributed by atoms with Crippen LogP contribution in [0.4, 0.5) is 4.79 Å². The van der Waals surface area contributed by atoms with Crippen LogP contribution in [0.3, 0.4) is 0 Å². The number of likely N-dealkylation sites (tertiary alicyclic amines) is 1. The molecule has 0 radical (unpaired) electrons. The second kappa shape index (κ2) is 7.36. The van der Waals surface area contributed by atoms with E-state index in [4.69, 9.17) is 4.74 Å². The van der Waals surface area contributed by atoms with Crippen LogP contribution in [-0.2, 0) is 9.53 Å². The van der Waals surface area contributed by atoms with E-state index in [9.17, 15) is 19.7 Å². The average Bonchev–Trinajstić information content (AvgIpc) is 3.26. The molecule has 0 unspecified atom stereocenters. The first-order valence-corrected chi connectivity index (χ1v) is 8.56. The van der Waals surface area contributed by atoms with Crippen LogP contribution < -0.4 is 5.32 Å². The Kier molecular flexibility index (Phi) is 5.66. The maximum Gasteiger partial charge on any atom is 0.410 e. The van der Waals surface area contributed by atoms with E-state index in [-0.39, 0.29) is 16.9 Å². The number of carbonyl (C=O) groups excluding carboxylic acids is 2. The quantitative estimate of drug-likeness (QED) is 0.607. The van der Waals surface area contributed by atoms with Gasteiger partial charge in [-0.2, -0.15) is 0 Å². The molecule has 8 nitrogen and oxygen atoms in total. The molecule has 0 aromatic heterocycles. The number of nitrogens with one attached hydrogen (secondary N) is 1. The molecular formula is C16H27N3O5. The Labute approximate surface area is 142 Å². The van der Waals surface area contributed by atoms with Gasteiger partial charge >= 0.3 is 6.09 Å². The molecule has 1 heterocycles. The SMILES string of the molecule is CC(C)(C)OC(=O)N1CCC[C@H](CCNC(=O)[C@@H]2C[C@@H]2[N+](=O)[O-])C1. The van der Waals surface area contributed by atoms with E-state index in [1.165, 1.54) is 0 Å². The van der Waals surface area contributed by atoms with Crippen molar-refractivity contribution >= 4 is 12.0 Å². The van der Waals surface area contributed by atoms with Gasteiger partial charge in [-0.3, -0.25) is 14.9 Å². The van der Waals surface area contributed by atoms with Crippen molar-refractivity contribution in [2.75, 3.05) is 19.6 Å². The first-order chi connectivity index (χ1) is 11.2. The zero-order valence-corrected chi connectivity index (χ0v) is 14.6. The van der Waals surface area contributed by atoms with Crippen LogP contribution in [0, 0.1) is 22.0 Å². The highest BCUT2D eigenvalue weighted by atomic mass is 16.6. The van der Waals surface area contributed by atoms with Crippen molar-refractivity contribution in [3.05, 3.63) is 10.1 Å². The van der Waals surface area contributed by atoms with Crippen LogP contribution >= 0.6 is 0 Å². The predicted octanol–water partition coefficient (Wildman–Crippen LogP) is 1.81. The molecule has 1 aliphatic heterocycles. The van der Waals surface area contributed by atoms with E-state index in [1.54, 1.807) is 4.90 Å². The van der Waals surface area contributed by atoms with Crippen molar-refractivity contribution in [1.82, 2.24) is 10.2 Å². The Morgan fingerprint density at radius 1 is 1.38 bits per heavy atom. The summed E-state index contributed by atoms with van der Waals surface area (Å²) >= 11 is 0. The van der Waals surface area contributed by atoms with E-state index in [1.807, 2.05) is 20.8 Å². The van der Waals surface area contributed by atoms with Gasteiger partial charge in [0.2, 0.25) is 11.9 Å². The van der Waals surface area contributed by atoms with E-state index < -0.39 is 17.6 Å². The fraction of sp³-hybridized carbons (Fsp3) is 0.875. The van der Waals surface area contributed by atoms with Gasteiger partial charge in [-0.1, -0.05) is 0 Å². The highest BCUT2D eigenvalue weighted by Crippen LogP contribution is 2.33. The van der Waals surface area contributed by atoms with Crippen molar-refractivity contribution in [2.45, 2.75) is 58.1 Å². The highest BCUT2D eigenvalue weighted by Gasteiger charge is 2.53. The second-order valence-electron chi connectivity index (χ2n) is 7.71.